The number of nitrogens with zero attached hydrogens (tertiary/aromatic N) is 2. The summed E-state index contributed by atoms with van der Waals surface area (Å²) < 4.78 is 4.88. The van der Waals surface area contributed by atoms with E-state index in [4.69, 9.17) is 4.74 Å². The fraction of sp³-hybridized carbons (Fsp3) is 0.250. The van der Waals surface area contributed by atoms with E-state index in [1.165, 1.54) is 0 Å². The van der Waals surface area contributed by atoms with E-state index in [1.807, 2.05) is 13.0 Å². The summed E-state index contributed by atoms with van der Waals surface area (Å²) in [6.45, 7) is 1.87. The van der Waals surface area contributed by atoms with Crippen LogP contribution in [0.1, 0.15) is 6.92 Å². The van der Waals surface area contributed by atoms with Crippen molar-refractivity contribution in [2.24, 2.45) is 4.99 Å². The Hall–Kier alpha value is -1.38. The number of rotatable bonds is 2. The molecule has 3 nitrogen and oxygen atoms in total. The van der Waals surface area contributed by atoms with Crippen LogP contribution in [0, 0.1) is 0 Å². The van der Waals surface area contributed by atoms with Crippen LogP contribution in [0.4, 0.5) is 5.69 Å². The molecule has 0 aromatic carbocycles. The summed E-state index contributed by atoms with van der Waals surface area (Å²) in [6, 6.07) is 3.63. The molecule has 0 fully saturated rings. The van der Waals surface area contributed by atoms with E-state index in [9.17, 15) is 0 Å². The Morgan fingerprint density at radius 1 is 1.55 bits per heavy atom. The van der Waals surface area contributed by atoms with Crippen molar-refractivity contribution in [3.05, 3.63) is 18.3 Å². The predicted octanol–water partition coefficient (Wildman–Crippen LogP) is 1.81. The summed E-state index contributed by atoms with van der Waals surface area (Å²) in [6.07, 6.45) is 3.39. The van der Waals surface area contributed by atoms with Gasteiger partial charge in [-0.2, -0.15) is 0 Å². The lowest BCUT2D eigenvalue weighted by Gasteiger charge is -1.96. The minimum atomic E-state index is 0.611. The zero-order valence-corrected chi connectivity index (χ0v) is 6.61. The molecule has 1 rings (SSSR count). The van der Waals surface area contributed by atoms with Crippen molar-refractivity contribution in [2.45, 2.75) is 6.92 Å². The molecule has 0 atom stereocenters. The van der Waals surface area contributed by atoms with Gasteiger partial charge in [0.15, 0.2) is 0 Å². The highest BCUT2D eigenvalue weighted by Crippen LogP contribution is 2.12. The molecule has 0 amide bonds. The van der Waals surface area contributed by atoms with E-state index in [0.717, 1.165) is 5.69 Å². The van der Waals surface area contributed by atoms with Crippen LogP contribution >= 0.6 is 0 Å². The van der Waals surface area contributed by atoms with Gasteiger partial charge in [-0.3, -0.25) is 4.99 Å². The Balaban J connectivity index is 2.82. The Bertz CT molecular complexity index is 241. The van der Waals surface area contributed by atoms with Crippen LogP contribution in [-0.2, 0) is 0 Å². The maximum atomic E-state index is 4.88. The first-order chi connectivity index (χ1) is 5.36. The molecule has 0 N–H and O–H groups in total. The predicted molar refractivity (Wildman–Crippen MR) is 44.6 cm³/mol. The van der Waals surface area contributed by atoms with Crippen molar-refractivity contribution in [1.82, 2.24) is 4.98 Å². The zero-order valence-electron chi connectivity index (χ0n) is 6.61. The minimum Gasteiger partial charge on any atom is -0.481 e. The van der Waals surface area contributed by atoms with E-state index >= 15 is 0 Å². The molecule has 58 valence electrons. The van der Waals surface area contributed by atoms with Crippen molar-refractivity contribution in [3.63, 3.8) is 0 Å². The molecule has 0 saturated heterocycles. The van der Waals surface area contributed by atoms with Crippen molar-refractivity contribution in [2.75, 3.05) is 7.11 Å². The maximum Gasteiger partial charge on any atom is 0.213 e. The molecule has 1 aromatic heterocycles. The zero-order chi connectivity index (χ0) is 8.10. The van der Waals surface area contributed by atoms with Crippen LogP contribution in [0.3, 0.4) is 0 Å². The highest BCUT2D eigenvalue weighted by atomic mass is 16.5. The van der Waals surface area contributed by atoms with Crippen LogP contribution in [0.25, 0.3) is 0 Å². The highest BCUT2D eigenvalue weighted by Gasteiger charge is 1.90. The monoisotopic (exact) mass is 150 g/mol. The standard InChI is InChI=1S/C8H10N2O/c1-3-9-7-4-5-8(11-2)10-6-7/h3-6H,1-2H3. The molecule has 0 aliphatic carbocycles. The first-order valence-electron chi connectivity index (χ1n) is 3.35. The van der Waals surface area contributed by atoms with Gasteiger partial charge in [-0.15, -0.1) is 0 Å². The molecular weight excluding hydrogens is 140 g/mol. The molecular formula is C8H10N2O. The summed E-state index contributed by atoms with van der Waals surface area (Å²) in [5, 5.41) is 0. The Morgan fingerprint density at radius 2 is 2.36 bits per heavy atom. The van der Waals surface area contributed by atoms with E-state index in [2.05, 4.69) is 9.98 Å². The van der Waals surface area contributed by atoms with E-state index in [1.54, 1.807) is 25.6 Å². The fourth-order valence-electron chi connectivity index (χ4n) is 0.719. The third kappa shape index (κ3) is 2.04. The van der Waals surface area contributed by atoms with Gasteiger partial charge in [0.1, 0.15) is 0 Å². The van der Waals surface area contributed by atoms with Crippen LogP contribution in [0.5, 0.6) is 5.88 Å². The first-order valence-corrected chi connectivity index (χ1v) is 3.35. The van der Waals surface area contributed by atoms with Gasteiger partial charge in [0.2, 0.25) is 5.88 Å². The number of pyridine rings is 1. The van der Waals surface area contributed by atoms with E-state index < -0.39 is 0 Å². The fourth-order valence-corrected chi connectivity index (χ4v) is 0.719. The van der Waals surface area contributed by atoms with Crippen LogP contribution in [0.2, 0.25) is 0 Å². The second kappa shape index (κ2) is 3.71. The molecule has 1 aromatic rings. The summed E-state index contributed by atoms with van der Waals surface area (Å²) >= 11 is 0. The second-order valence-corrected chi connectivity index (χ2v) is 1.95. The van der Waals surface area contributed by atoms with Gasteiger partial charge in [0, 0.05) is 12.3 Å². The number of hydrogen-bond donors (Lipinski definition) is 0. The lowest BCUT2D eigenvalue weighted by atomic mass is 10.4. The second-order valence-electron chi connectivity index (χ2n) is 1.95. The Kier molecular flexibility index (Phi) is 2.60. The van der Waals surface area contributed by atoms with Gasteiger partial charge in [-0.05, 0) is 13.0 Å². The molecule has 1 heterocycles. The highest BCUT2D eigenvalue weighted by molar-refractivity contribution is 5.59. The average molecular weight is 150 g/mol. The van der Waals surface area contributed by atoms with Gasteiger partial charge in [0.05, 0.1) is 19.0 Å². The van der Waals surface area contributed by atoms with E-state index in [0.29, 0.717) is 5.88 Å². The van der Waals surface area contributed by atoms with Crippen molar-refractivity contribution >= 4 is 11.9 Å². The lowest BCUT2D eigenvalue weighted by Crippen LogP contribution is -1.84. The maximum absolute atomic E-state index is 4.88. The van der Waals surface area contributed by atoms with Crippen molar-refractivity contribution in [3.8, 4) is 5.88 Å². The molecule has 11 heavy (non-hydrogen) atoms. The quantitative estimate of drug-likeness (QED) is 0.602. The Morgan fingerprint density at radius 3 is 2.82 bits per heavy atom. The minimum absolute atomic E-state index is 0.611. The van der Waals surface area contributed by atoms with Crippen LogP contribution in [-0.4, -0.2) is 18.3 Å². The Labute approximate surface area is 65.8 Å². The summed E-state index contributed by atoms with van der Waals surface area (Å²) in [5.41, 5.74) is 0.841. The number of aromatic nitrogens is 1. The molecule has 0 radical (unpaired) electrons. The SMILES string of the molecule is CC=Nc1ccc(OC)nc1. The van der Waals surface area contributed by atoms with Gasteiger partial charge in [-0.1, -0.05) is 0 Å². The average Bonchev–Trinajstić information content (AvgIpc) is 2.07. The molecule has 0 bridgehead atoms. The summed E-state index contributed by atoms with van der Waals surface area (Å²) in [5.74, 6) is 0.611. The first kappa shape index (κ1) is 7.72. The van der Waals surface area contributed by atoms with Crippen molar-refractivity contribution in [1.29, 1.82) is 0 Å². The molecule has 0 aliphatic heterocycles. The molecule has 0 aliphatic rings. The number of ether oxygens (including phenoxy) is 1. The molecule has 0 unspecified atom stereocenters. The number of aliphatic imine (C=N–C) groups is 1. The van der Waals surface area contributed by atoms with Gasteiger partial charge in [-0.25, -0.2) is 4.98 Å². The van der Waals surface area contributed by atoms with Crippen molar-refractivity contribution < 1.29 is 4.74 Å². The molecule has 3 heteroatoms. The third-order valence-corrected chi connectivity index (χ3v) is 1.21. The largest absolute Gasteiger partial charge is 0.481 e. The topological polar surface area (TPSA) is 34.5 Å². The van der Waals surface area contributed by atoms with Gasteiger partial charge < -0.3 is 4.74 Å². The van der Waals surface area contributed by atoms with Gasteiger partial charge in [0.25, 0.3) is 0 Å². The molecule has 0 saturated carbocycles. The lowest BCUT2D eigenvalue weighted by molar-refractivity contribution is 0.398. The van der Waals surface area contributed by atoms with Gasteiger partial charge >= 0.3 is 0 Å². The normalized spacial score (nSPS) is 10.4. The van der Waals surface area contributed by atoms with Crippen LogP contribution in [0.15, 0.2) is 23.3 Å². The number of methoxy groups -OCH3 is 1. The summed E-state index contributed by atoms with van der Waals surface area (Å²) in [4.78, 5) is 8.02. The van der Waals surface area contributed by atoms with E-state index in [-0.39, 0.29) is 0 Å². The number of hydrogen-bond acceptors (Lipinski definition) is 3. The molecule has 0 spiro atoms. The smallest absolute Gasteiger partial charge is 0.213 e. The van der Waals surface area contributed by atoms with Crippen LogP contribution < -0.4 is 4.74 Å². The third-order valence-electron chi connectivity index (χ3n) is 1.21. The summed E-state index contributed by atoms with van der Waals surface area (Å²) in [7, 11) is 1.59.